The van der Waals surface area contributed by atoms with Gasteiger partial charge in [0, 0.05) is 12.1 Å². The van der Waals surface area contributed by atoms with Gasteiger partial charge in [-0.3, -0.25) is 24.4 Å². The summed E-state index contributed by atoms with van der Waals surface area (Å²) in [6, 6.07) is 7.23. The Morgan fingerprint density at radius 1 is 1.03 bits per heavy atom. The Kier molecular flexibility index (Phi) is 7.78. The van der Waals surface area contributed by atoms with E-state index in [9.17, 15) is 33.4 Å². The van der Waals surface area contributed by atoms with E-state index in [4.69, 9.17) is 8.92 Å². The van der Waals surface area contributed by atoms with Crippen LogP contribution in [0.1, 0.15) is 41.3 Å². The Bertz CT molecular complexity index is 1060. The second-order valence-electron chi connectivity index (χ2n) is 6.53. The number of nitrogens with zero attached hydrogens (tertiary/aromatic N) is 2. The summed E-state index contributed by atoms with van der Waals surface area (Å²) in [5, 5.41) is 23.0. The number of carbonyl (C=O) groups is 1. The van der Waals surface area contributed by atoms with Gasteiger partial charge in [0.1, 0.15) is 12.2 Å². The Morgan fingerprint density at radius 2 is 1.58 bits per heavy atom. The number of nitro benzene ring substituents is 2. The van der Waals surface area contributed by atoms with Gasteiger partial charge in [-0.05, 0) is 25.5 Å². The number of hydrogen-bond donors (Lipinski definition) is 0. The summed E-state index contributed by atoms with van der Waals surface area (Å²) in [5.74, 6) is -0.959. The van der Waals surface area contributed by atoms with E-state index in [0.29, 0.717) is 6.42 Å². The van der Waals surface area contributed by atoms with Gasteiger partial charge in [0.15, 0.2) is 0 Å². The molecule has 12 heteroatoms. The summed E-state index contributed by atoms with van der Waals surface area (Å²) < 4.78 is 34.5. The molecule has 0 N–H and O–H groups in total. The molecular weight excluding hydrogens is 432 g/mol. The van der Waals surface area contributed by atoms with Crippen LogP contribution in [0.4, 0.5) is 11.4 Å². The summed E-state index contributed by atoms with van der Waals surface area (Å²) in [7, 11) is -4.34. The van der Waals surface area contributed by atoms with Crippen molar-refractivity contribution in [3.63, 3.8) is 0 Å². The fourth-order valence-electron chi connectivity index (χ4n) is 2.54. The number of carbonyl (C=O) groups excluding carboxylic acids is 1. The smallest absolute Gasteiger partial charge is 0.338 e. The Balaban J connectivity index is 2.41. The van der Waals surface area contributed by atoms with Crippen molar-refractivity contribution in [2.45, 2.75) is 38.2 Å². The van der Waals surface area contributed by atoms with Crippen molar-refractivity contribution < 1.29 is 32.0 Å². The molecule has 0 saturated carbocycles. The molecule has 0 bridgehead atoms. The summed E-state index contributed by atoms with van der Waals surface area (Å²) in [4.78, 5) is 33.0. The molecule has 166 valence electrons. The van der Waals surface area contributed by atoms with Crippen molar-refractivity contribution in [3.8, 4) is 0 Å². The third-order valence-electron chi connectivity index (χ3n) is 4.23. The SMILES string of the molecule is CCCCOC(=O)c1cc([N+](=O)[O-])c(COS(=O)(=O)c2ccc(C)cc2)c([N+](=O)[O-])c1. The van der Waals surface area contributed by atoms with Crippen molar-refractivity contribution >= 4 is 27.5 Å². The van der Waals surface area contributed by atoms with Gasteiger partial charge in [0.25, 0.3) is 21.5 Å². The van der Waals surface area contributed by atoms with E-state index in [1.807, 2.05) is 6.92 Å². The Morgan fingerprint density at radius 3 is 2.06 bits per heavy atom. The fourth-order valence-corrected chi connectivity index (χ4v) is 3.41. The van der Waals surface area contributed by atoms with Gasteiger partial charge in [0.05, 0.1) is 26.9 Å². The number of benzene rings is 2. The number of unbranched alkanes of at least 4 members (excludes halogenated alkanes) is 1. The first-order valence-electron chi connectivity index (χ1n) is 9.15. The molecule has 0 unspecified atom stereocenters. The van der Waals surface area contributed by atoms with Crippen molar-refractivity contribution in [3.05, 3.63) is 73.3 Å². The molecule has 0 radical (unpaired) electrons. The molecule has 2 aromatic carbocycles. The standard InChI is InChI=1S/C19H20N2O9S/c1-3-4-9-29-19(22)14-10-17(20(23)24)16(18(11-14)21(25)26)12-30-31(27,28)15-7-5-13(2)6-8-15/h5-8,10-11H,3-4,9,12H2,1-2H3. The quantitative estimate of drug-likeness (QED) is 0.172. The normalized spacial score (nSPS) is 11.2. The maximum Gasteiger partial charge on any atom is 0.338 e. The van der Waals surface area contributed by atoms with Gasteiger partial charge in [0.2, 0.25) is 0 Å². The van der Waals surface area contributed by atoms with Crippen molar-refractivity contribution in [1.29, 1.82) is 0 Å². The van der Waals surface area contributed by atoms with Gasteiger partial charge in [-0.25, -0.2) is 4.79 Å². The maximum atomic E-state index is 12.4. The first-order valence-corrected chi connectivity index (χ1v) is 10.6. The van der Waals surface area contributed by atoms with Crippen LogP contribution in [-0.4, -0.2) is 30.8 Å². The summed E-state index contributed by atoms with van der Waals surface area (Å²) in [5.41, 5.74) is -1.83. The number of nitro groups is 2. The highest BCUT2D eigenvalue weighted by molar-refractivity contribution is 7.86. The van der Waals surface area contributed by atoms with Crippen LogP contribution in [-0.2, 0) is 25.6 Å². The molecule has 0 aromatic heterocycles. The van der Waals surface area contributed by atoms with E-state index in [0.717, 1.165) is 24.1 Å². The lowest BCUT2D eigenvalue weighted by molar-refractivity contribution is -0.396. The minimum Gasteiger partial charge on any atom is -0.462 e. The van der Waals surface area contributed by atoms with Gasteiger partial charge >= 0.3 is 5.97 Å². The van der Waals surface area contributed by atoms with Gasteiger partial charge in [-0.1, -0.05) is 31.0 Å². The molecule has 2 rings (SSSR count). The van der Waals surface area contributed by atoms with Crippen molar-refractivity contribution in [2.24, 2.45) is 0 Å². The molecule has 11 nitrogen and oxygen atoms in total. The monoisotopic (exact) mass is 452 g/mol. The van der Waals surface area contributed by atoms with Gasteiger partial charge in [-0.15, -0.1) is 0 Å². The van der Waals surface area contributed by atoms with Crippen LogP contribution in [0.15, 0.2) is 41.3 Å². The van der Waals surface area contributed by atoms with Crippen LogP contribution in [0.5, 0.6) is 0 Å². The molecule has 0 aliphatic heterocycles. The molecule has 0 atom stereocenters. The third kappa shape index (κ3) is 6.06. The largest absolute Gasteiger partial charge is 0.462 e. The van der Waals surface area contributed by atoms with Crippen LogP contribution < -0.4 is 0 Å². The van der Waals surface area contributed by atoms with Crippen molar-refractivity contribution in [2.75, 3.05) is 6.61 Å². The van der Waals surface area contributed by atoms with Crippen LogP contribution in [0, 0.1) is 27.2 Å². The fraction of sp³-hybridized carbons (Fsp3) is 0.316. The number of ether oxygens (including phenoxy) is 1. The number of esters is 1. The maximum absolute atomic E-state index is 12.4. The molecule has 0 fully saturated rings. The van der Waals surface area contributed by atoms with Crippen molar-refractivity contribution in [1.82, 2.24) is 0 Å². The molecule has 0 spiro atoms. The average molecular weight is 452 g/mol. The van der Waals surface area contributed by atoms with Gasteiger partial charge < -0.3 is 4.74 Å². The predicted octanol–water partition coefficient (Wildman–Crippen LogP) is 3.67. The van der Waals surface area contributed by atoms with Crippen LogP contribution in [0.25, 0.3) is 0 Å². The van der Waals surface area contributed by atoms with E-state index in [-0.39, 0.29) is 17.1 Å². The third-order valence-corrected chi connectivity index (χ3v) is 5.51. The van der Waals surface area contributed by atoms with E-state index in [1.165, 1.54) is 24.3 Å². The minimum atomic E-state index is -4.34. The molecule has 0 saturated heterocycles. The second-order valence-corrected chi connectivity index (χ2v) is 8.14. The lowest BCUT2D eigenvalue weighted by atomic mass is 10.1. The highest BCUT2D eigenvalue weighted by Crippen LogP contribution is 2.32. The average Bonchev–Trinajstić information content (AvgIpc) is 2.71. The second kappa shape index (κ2) is 10.1. The summed E-state index contributed by atoms with van der Waals surface area (Å²) in [6.07, 6.45) is 1.29. The lowest BCUT2D eigenvalue weighted by Crippen LogP contribution is -2.12. The van der Waals surface area contributed by atoms with Gasteiger partial charge in [-0.2, -0.15) is 8.42 Å². The minimum absolute atomic E-state index is 0.0522. The Hall–Kier alpha value is -3.38. The van der Waals surface area contributed by atoms with Crippen LogP contribution in [0.3, 0.4) is 0 Å². The number of rotatable bonds is 10. The zero-order valence-electron chi connectivity index (χ0n) is 16.8. The number of hydrogen-bond acceptors (Lipinski definition) is 9. The molecule has 0 amide bonds. The predicted molar refractivity (Wildman–Crippen MR) is 108 cm³/mol. The van der Waals surface area contributed by atoms with E-state index in [1.54, 1.807) is 6.92 Å². The Labute approximate surface area is 178 Å². The molecular formula is C19H20N2O9S. The highest BCUT2D eigenvalue weighted by atomic mass is 32.2. The van der Waals surface area contributed by atoms with E-state index in [2.05, 4.69) is 0 Å². The highest BCUT2D eigenvalue weighted by Gasteiger charge is 2.30. The molecule has 0 heterocycles. The first-order chi connectivity index (χ1) is 14.6. The summed E-state index contributed by atoms with van der Waals surface area (Å²) >= 11 is 0. The molecule has 0 aliphatic rings. The zero-order chi connectivity index (χ0) is 23.2. The molecule has 0 aliphatic carbocycles. The van der Waals surface area contributed by atoms with Crippen LogP contribution >= 0.6 is 0 Å². The van der Waals surface area contributed by atoms with E-state index >= 15 is 0 Å². The number of aryl methyl sites for hydroxylation is 1. The lowest BCUT2D eigenvalue weighted by Gasteiger charge is -2.09. The molecule has 31 heavy (non-hydrogen) atoms. The molecule has 2 aromatic rings. The zero-order valence-corrected chi connectivity index (χ0v) is 17.6. The first kappa shape index (κ1) is 23.9. The summed E-state index contributed by atoms with van der Waals surface area (Å²) in [6.45, 7) is 2.70. The van der Waals surface area contributed by atoms with Crippen LogP contribution in [0.2, 0.25) is 0 Å². The topological polar surface area (TPSA) is 156 Å². The van der Waals surface area contributed by atoms with E-state index < -0.39 is 49.5 Å².